The quantitative estimate of drug-likeness (QED) is 0.547. The molecule has 28 heavy (non-hydrogen) atoms. The maximum Gasteiger partial charge on any atom is 0.339 e. The van der Waals surface area contributed by atoms with Gasteiger partial charge in [0.2, 0.25) is 0 Å². The molecule has 0 saturated carbocycles. The molecule has 0 atom stereocenters. The summed E-state index contributed by atoms with van der Waals surface area (Å²) in [4.78, 5) is 27.9. The fraction of sp³-hybridized carbons (Fsp3) is 0.286. The Morgan fingerprint density at radius 2 is 1.93 bits per heavy atom. The van der Waals surface area contributed by atoms with Gasteiger partial charge in [-0.25, -0.2) is 4.79 Å². The third-order valence-electron chi connectivity index (χ3n) is 4.63. The van der Waals surface area contributed by atoms with Crippen LogP contribution in [0.4, 0.5) is 0 Å². The molecule has 0 aliphatic rings. The van der Waals surface area contributed by atoms with Gasteiger partial charge in [-0.1, -0.05) is 37.6 Å². The average molecular weight is 380 g/mol. The molecular weight excluding hydrogens is 356 g/mol. The van der Waals surface area contributed by atoms with Gasteiger partial charge in [0.25, 0.3) is 5.91 Å². The smallest absolute Gasteiger partial charge is 0.339 e. The fourth-order valence-corrected chi connectivity index (χ4v) is 3.24. The first-order valence-corrected chi connectivity index (χ1v) is 9.21. The highest BCUT2D eigenvalue weighted by Gasteiger charge is 2.24. The number of aromatic nitrogens is 3. The standard InChI is InChI=1S/C21H24N4O3/c1-4-5-16-18(21(27)28-3)13(2)24-19(16)20(26)22-12-14-6-8-15(9-7-14)17-10-11-23-25-17/h6-11,24H,4-5,12H2,1-3H3,(H,22,26)(H,23,25). The van der Waals surface area contributed by atoms with E-state index in [1.165, 1.54) is 7.11 Å². The molecule has 0 radical (unpaired) electrons. The van der Waals surface area contributed by atoms with Gasteiger partial charge in [0.05, 0.1) is 18.4 Å². The molecule has 0 aliphatic heterocycles. The second-order valence-electron chi connectivity index (χ2n) is 6.57. The number of aryl methyl sites for hydroxylation is 1. The minimum Gasteiger partial charge on any atom is -0.465 e. The third-order valence-corrected chi connectivity index (χ3v) is 4.63. The van der Waals surface area contributed by atoms with Gasteiger partial charge in [-0.15, -0.1) is 0 Å². The van der Waals surface area contributed by atoms with E-state index < -0.39 is 5.97 Å². The van der Waals surface area contributed by atoms with Crippen LogP contribution in [0.1, 0.15) is 51.0 Å². The Morgan fingerprint density at radius 3 is 2.54 bits per heavy atom. The maximum absolute atomic E-state index is 12.7. The molecule has 1 amide bonds. The molecule has 0 bridgehead atoms. The summed E-state index contributed by atoms with van der Waals surface area (Å²) in [6.45, 7) is 4.17. The number of carbonyl (C=O) groups is 2. The number of hydrogen-bond donors (Lipinski definition) is 3. The number of nitrogens with one attached hydrogen (secondary N) is 3. The number of nitrogens with zero attached hydrogens (tertiary/aromatic N) is 1. The summed E-state index contributed by atoms with van der Waals surface area (Å²) in [7, 11) is 1.34. The van der Waals surface area contributed by atoms with Gasteiger partial charge in [0.1, 0.15) is 5.69 Å². The molecule has 2 aromatic heterocycles. The molecule has 3 aromatic rings. The molecule has 2 heterocycles. The summed E-state index contributed by atoms with van der Waals surface area (Å²) in [6.07, 6.45) is 3.14. The lowest BCUT2D eigenvalue weighted by molar-refractivity contribution is 0.0599. The summed E-state index contributed by atoms with van der Waals surface area (Å²) in [5.74, 6) is -0.662. The normalized spacial score (nSPS) is 10.7. The zero-order valence-corrected chi connectivity index (χ0v) is 16.3. The number of H-pyrrole nitrogens is 2. The summed E-state index contributed by atoms with van der Waals surface area (Å²) in [5, 5.41) is 9.79. The van der Waals surface area contributed by atoms with E-state index in [0.29, 0.717) is 35.5 Å². The molecule has 7 heteroatoms. The molecular formula is C21H24N4O3. The lowest BCUT2D eigenvalue weighted by Crippen LogP contribution is -2.24. The van der Waals surface area contributed by atoms with Gasteiger partial charge in [-0.2, -0.15) is 5.10 Å². The predicted molar refractivity (Wildman–Crippen MR) is 106 cm³/mol. The van der Waals surface area contributed by atoms with Crippen LogP contribution in [0.3, 0.4) is 0 Å². The van der Waals surface area contributed by atoms with E-state index in [0.717, 1.165) is 23.2 Å². The first kappa shape index (κ1) is 19.4. The highest BCUT2D eigenvalue weighted by molar-refractivity contribution is 6.00. The minimum absolute atomic E-state index is 0.237. The van der Waals surface area contributed by atoms with Crippen LogP contribution in [0.25, 0.3) is 11.3 Å². The first-order valence-electron chi connectivity index (χ1n) is 9.21. The number of methoxy groups -OCH3 is 1. The topological polar surface area (TPSA) is 99.9 Å². The first-order chi connectivity index (χ1) is 13.5. The van der Waals surface area contributed by atoms with Gasteiger partial charge in [0, 0.05) is 18.4 Å². The van der Waals surface area contributed by atoms with Crippen LogP contribution in [0.5, 0.6) is 0 Å². The summed E-state index contributed by atoms with van der Waals surface area (Å²) >= 11 is 0. The van der Waals surface area contributed by atoms with Gasteiger partial charge < -0.3 is 15.0 Å². The number of rotatable bonds is 7. The Morgan fingerprint density at radius 1 is 1.18 bits per heavy atom. The lowest BCUT2D eigenvalue weighted by atomic mass is 10.0. The Hall–Kier alpha value is -3.35. The van der Waals surface area contributed by atoms with E-state index in [1.807, 2.05) is 37.3 Å². The van der Waals surface area contributed by atoms with E-state index >= 15 is 0 Å². The molecule has 0 saturated heterocycles. The summed E-state index contributed by atoms with van der Waals surface area (Å²) < 4.78 is 4.87. The van der Waals surface area contributed by atoms with Crippen molar-refractivity contribution in [3.05, 3.63) is 64.6 Å². The number of ether oxygens (including phenoxy) is 1. The van der Waals surface area contributed by atoms with E-state index in [2.05, 4.69) is 20.5 Å². The zero-order chi connectivity index (χ0) is 20.1. The molecule has 3 N–H and O–H groups in total. The highest BCUT2D eigenvalue weighted by Crippen LogP contribution is 2.22. The van der Waals surface area contributed by atoms with E-state index in [4.69, 9.17) is 4.74 Å². The van der Waals surface area contributed by atoms with Crippen LogP contribution >= 0.6 is 0 Å². The van der Waals surface area contributed by atoms with Crippen molar-refractivity contribution in [3.63, 3.8) is 0 Å². The van der Waals surface area contributed by atoms with Gasteiger partial charge in [-0.05, 0) is 36.1 Å². The van der Waals surface area contributed by atoms with Crippen molar-refractivity contribution >= 4 is 11.9 Å². The number of carbonyl (C=O) groups excluding carboxylic acids is 2. The molecule has 0 fully saturated rings. The van der Waals surface area contributed by atoms with E-state index in [1.54, 1.807) is 13.1 Å². The SMILES string of the molecule is CCCc1c(C(=O)NCc2ccc(-c3ccn[nH]3)cc2)[nH]c(C)c1C(=O)OC. The molecule has 3 rings (SSSR count). The number of hydrogen-bond acceptors (Lipinski definition) is 4. The minimum atomic E-state index is -0.425. The number of aromatic amines is 2. The fourth-order valence-electron chi connectivity index (χ4n) is 3.24. The number of esters is 1. The number of amides is 1. The van der Waals surface area contributed by atoms with Crippen molar-refractivity contribution in [1.82, 2.24) is 20.5 Å². The Kier molecular flexibility index (Phi) is 5.93. The zero-order valence-electron chi connectivity index (χ0n) is 16.3. The van der Waals surface area contributed by atoms with Crippen LogP contribution in [-0.4, -0.2) is 34.2 Å². The monoisotopic (exact) mass is 380 g/mol. The molecule has 1 aromatic carbocycles. The van der Waals surface area contributed by atoms with Gasteiger partial charge in [0.15, 0.2) is 0 Å². The van der Waals surface area contributed by atoms with Crippen LogP contribution < -0.4 is 5.32 Å². The molecule has 0 spiro atoms. The predicted octanol–water partition coefficient (Wildman–Crippen LogP) is 3.38. The second kappa shape index (κ2) is 8.56. The van der Waals surface area contributed by atoms with Crippen LogP contribution in [0.2, 0.25) is 0 Å². The number of benzene rings is 1. The van der Waals surface area contributed by atoms with Gasteiger partial charge >= 0.3 is 5.97 Å². The van der Waals surface area contributed by atoms with Crippen molar-refractivity contribution in [2.45, 2.75) is 33.2 Å². The van der Waals surface area contributed by atoms with Crippen LogP contribution in [0, 0.1) is 6.92 Å². The maximum atomic E-state index is 12.7. The Balaban J connectivity index is 1.73. The van der Waals surface area contributed by atoms with Gasteiger partial charge in [-0.3, -0.25) is 9.89 Å². The van der Waals surface area contributed by atoms with Crippen molar-refractivity contribution in [2.75, 3.05) is 7.11 Å². The average Bonchev–Trinajstić information content (AvgIpc) is 3.35. The Bertz CT molecular complexity index is 956. The lowest BCUT2D eigenvalue weighted by Gasteiger charge is -2.08. The van der Waals surface area contributed by atoms with Crippen molar-refractivity contribution in [1.29, 1.82) is 0 Å². The van der Waals surface area contributed by atoms with Crippen molar-refractivity contribution in [2.24, 2.45) is 0 Å². The highest BCUT2D eigenvalue weighted by atomic mass is 16.5. The molecule has 0 aliphatic carbocycles. The van der Waals surface area contributed by atoms with E-state index in [-0.39, 0.29) is 5.91 Å². The largest absolute Gasteiger partial charge is 0.465 e. The summed E-state index contributed by atoms with van der Waals surface area (Å²) in [5.41, 5.74) is 5.18. The van der Waals surface area contributed by atoms with Crippen molar-refractivity contribution in [3.8, 4) is 11.3 Å². The Labute approximate surface area is 163 Å². The molecule has 146 valence electrons. The van der Waals surface area contributed by atoms with Crippen molar-refractivity contribution < 1.29 is 14.3 Å². The van der Waals surface area contributed by atoms with E-state index in [9.17, 15) is 9.59 Å². The van der Waals surface area contributed by atoms with Crippen LogP contribution in [-0.2, 0) is 17.7 Å². The van der Waals surface area contributed by atoms with Crippen LogP contribution in [0.15, 0.2) is 36.5 Å². The second-order valence-corrected chi connectivity index (χ2v) is 6.57. The third kappa shape index (κ3) is 3.98. The molecule has 0 unspecified atom stereocenters. The summed E-state index contributed by atoms with van der Waals surface area (Å²) in [6, 6.07) is 9.78. The molecule has 7 nitrogen and oxygen atoms in total.